The van der Waals surface area contributed by atoms with E-state index in [9.17, 15) is 19.5 Å². The van der Waals surface area contributed by atoms with Gasteiger partial charge in [-0.15, -0.1) is 0 Å². The molecular weight excluding hydrogens is 690 g/mol. The standard InChI is InChI=1S/C44H64ClNO5S/c1-26(2)36-30(47)22-44(34(52)25-46-24-27-11-10-12-28(45)21-27)20-19-42(8)29(37(36)44)13-14-32-41(7)17-16-33(51-35(48)23-39(3,4)38(49)50)40(5,6)31(41)15-18-43(32,42)9/h10-12,21,26,29,31-34,46,52H,13-20,22-25H2,1-9H3,(H,49,50). The lowest BCUT2D eigenvalue weighted by molar-refractivity contribution is -0.233. The monoisotopic (exact) mass is 753 g/mol. The Balaban J connectivity index is 1.26. The van der Waals surface area contributed by atoms with Crippen LogP contribution in [-0.2, 0) is 25.7 Å². The van der Waals surface area contributed by atoms with E-state index in [-0.39, 0.29) is 50.8 Å². The van der Waals surface area contributed by atoms with Crippen LogP contribution in [0, 0.1) is 56.2 Å². The Kier molecular flexibility index (Phi) is 10.5. The number of nitrogens with one attached hydrogen (secondary N) is 1. The smallest absolute Gasteiger partial charge is 0.309 e. The Hall–Kier alpha value is -1.83. The first-order valence-electron chi connectivity index (χ1n) is 20.0. The predicted molar refractivity (Wildman–Crippen MR) is 211 cm³/mol. The van der Waals surface area contributed by atoms with E-state index in [2.05, 4.69) is 59.8 Å². The van der Waals surface area contributed by atoms with Gasteiger partial charge >= 0.3 is 11.9 Å². The van der Waals surface area contributed by atoms with E-state index >= 15 is 0 Å². The molecule has 0 aliphatic heterocycles. The summed E-state index contributed by atoms with van der Waals surface area (Å²) in [6, 6.07) is 7.99. The fourth-order valence-corrected chi connectivity index (χ4v) is 13.8. The lowest BCUT2D eigenvalue weighted by atomic mass is 9.33. The second kappa shape index (κ2) is 13.7. The molecule has 0 amide bonds. The number of carboxylic acid groups (broad SMARTS) is 1. The van der Waals surface area contributed by atoms with Crippen LogP contribution < -0.4 is 5.32 Å². The molecule has 5 aliphatic rings. The summed E-state index contributed by atoms with van der Waals surface area (Å²) in [5.41, 5.74) is 2.36. The fraction of sp³-hybridized carbons (Fsp3) is 0.750. The van der Waals surface area contributed by atoms with Gasteiger partial charge in [0.25, 0.3) is 0 Å². The lowest BCUT2D eigenvalue weighted by Gasteiger charge is -2.72. The molecule has 0 aromatic heterocycles. The minimum Gasteiger partial charge on any atom is -0.481 e. The number of carboxylic acids is 1. The van der Waals surface area contributed by atoms with Crippen LogP contribution >= 0.6 is 24.2 Å². The third-order valence-corrected chi connectivity index (χ3v) is 17.0. The molecule has 5 aliphatic carbocycles. The van der Waals surface area contributed by atoms with Gasteiger partial charge in [0, 0.05) is 40.6 Å². The topological polar surface area (TPSA) is 92.7 Å². The molecule has 0 spiro atoms. The number of ether oxygens (including phenoxy) is 1. The Morgan fingerprint density at radius 3 is 2.37 bits per heavy atom. The maximum Gasteiger partial charge on any atom is 0.309 e. The van der Waals surface area contributed by atoms with Crippen LogP contribution in [0.2, 0.25) is 5.02 Å². The summed E-state index contributed by atoms with van der Waals surface area (Å²) >= 11 is 11.6. The number of ketones is 1. The Bertz CT molecular complexity index is 1640. The number of hydrogen-bond donors (Lipinski definition) is 3. The van der Waals surface area contributed by atoms with E-state index in [4.69, 9.17) is 29.0 Å². The van der Waals surface area contributed by atoms with Crippen LogP contribution in [0.25, 0.3) is 0 Å². The molecule has 52 heavy (non-hydrogen) atoms. The van der Waals surface area contributed by atoms with E-state index < -0.39 is 17.4 Å². The van der Waals surface area contributed by atoms with Crippen molar-refractivity contribution in [3.63, 3.8) is 0 Å². The number of Topliss-reactive ketones (excluding diaryl/α,β-unsaturated/α-hetero) is 1. The first-order valence-corrected chi connectivity index (χ1v) is 20.9. The maximum atomic E-state index is 14.1. The molecule has 0 saturated heterocycles. The number of rotatable bonds is 10. The van der Waals surface area contributed by atoms with Gasteiger partial charge in [-0.2, -0.15) is 12.6 Å². The van der Waals surface area contributed by atoms with Gasteiger partial charge in [-0.25, -0.2) is 0 Å². The van der Waals surface area contributed by atoms with Crippen LogP contribution in [0.15, 0.2) is 35.4 Å². The number of aliphatic carboxylic acids is 1. The molecule has 6 nitrogen and oxygen atoms in total. The maximum absolute atomic E-state index is 14.1. The van der Waals surface area contributed by atoms with E-state index in [1.165, 1.54) is 5.57 Å². The summed E-state index contributed by atoms with van der Waals surface area (Å²) in [4.78, 5) is 38.9. The number of hydrogen-bond acceptors (Lipinski definition) is 6. The molecule has 4 fully saturated rings. The number of carbonyl (C=O) groups is 3. The van der Waals surface area contributed by atoms with Crippen molar-refractivity contribution in [1.82, 2.24) is 5.32 Å². The number of carbonyl (C=O) groups excluding carboxylic acids is 2. The van der Waals surface area contributed by atoms with Gasteiger partial charge in [0.05, 0.1) is 11.8 Å². The molecular formula is C44H64ClNO5S. The van der Waals surface area contributed by atoms with Gasteiger partial charge in [0.1, 0.15) is 6.10 Å². The van der Waals surface area contributed by atoms with Crippen molar-refractivity contribution in [3.8, 4) is 0 Å². The number of thiol groups is 1. The third kappa shape index (κ3) is 6.23. The summed E-state index contributed by atoms with van der Waals surface area (Å²) in [5.74, 6) is 0.418. The van der Waals surface area contributed by atoms with Gasteiger partial charge in [0.15, 0.2) is 5.78 Å². The van der Waals surface area contributed by atoms with Crippen LogP contribution in [0.5, 0.6) is 0 Å². The van der Waals surface area contributed by atoms with E-state index in [0.717, 1.165) is 80.6 Å². The van der Waals surface area contributed by atoms with Crippen LogP contribution in [0.1, 0.15) is 132 Å². The second-order valence-corrected chi connectivity index (χ2v) is 20.9. The summed E-state index contributed by atoms with van der Waals surface area (Å²) in [6.45, 7) is 21.3. The van der Waals surface area contributed by atoms with Gasteiger partial charge in [0.2, 0.25) is 0 Å². The Labute approximate surface area is 323 Å². The first-order chi connectivity index (χ1) is 24.1. The van der Waals surface area contributed by atoms with Gasteiger partial charge in [-0.1, -0.05) is 77.8 Å². The zero-order chi connectivity index (χ0) is 38.2. The summed E-state index contributed by atoms with van der Waals surface area (Å²) in [7, 11) is 0. The molecule has 4 saturated carbocycles. The third-order valence-electron chi connectivity index (χ3n) is 16.1. The van der Waals surface area contributed by atoms with Crippen molar-refractivity contribution < 1.29 is 24.2 Å². The molecule has 0 heterocycles. The quantitative estimate of drug-likeness (QED) is 0.163. The highest BCUT2D eigenvalue weighted by atomic mass is 35.5. The minimum absolute atomic E-state index is 0.0325. The summed E-state index contributed by atoms with van der Waals surface area (Å²) in [6.07, 6.45) is 8.56. The highest BCUT2D eigenvalue weighted by Crippen LogP contribution is 2.77. The molecule has 1 aromatic carbocycles. The zero-order valence-corrected chi connectivity index (χ0v) is 34.8. The summed E-state index contributed by atoms with van der Waals surface area (Å²) in [5, 5.41) is 14.1. The van der Waals surface area contributed by atoms with Gasteiger partial charge in [-0.05, 0) is 128 Å². The van der Waals surface area contributed by atoms with Crippen molar-refractivity contribution in [2.24, 2.45) is 56.2 Å². The zero-order valence-electron chi connectivity index (χ0n) is 33.2. The predicted octanol–water partition coefficient (Wildman–Crippen LogP) is 10.1. The van der Waals surface area contributed by atoms with Crippen molar-refractivity contribution in [1.29, 1.82) is 0 Å². The first kappa shape index (κ1) is 39.9. The van der Waals surface area contributed by atoms with Gasteiger partial charge in [-0.3, -0.25) is 14.4 Å². The summed E-state index contributed by atoms with van der Waals surface area (Å²) < 4.78 is 6.18. The molecule has 2 N–H and O–H groups in total. The number of halogens is 1. The normalized spacial score (nSPS) is 37.5. The van der Waals surface area contributed by atoms with Crippen molar-refractivity contribution >= 4 is 42.0 Å². The molecule has 288 valence electrons. The fourth-order valence-electron chi connectivity index (χ4n) is 13.1. The van der Waals surface area contributed by atoms with Crippen LogP contribution in [0.4, 0.5) is 0 Å². The Morgan fingerprint density at radius 1 is 1.00 bits per heavy atom. The number of benzene rings is 1. The van der Waals surface area contributed by atoms with E-state index in [1.54, 1.807) is 13.8 Å². The highest BCUT2D eigenvalue weighted by molar-refractivity contribution is 7.81. The largest absolute Gasteiger partial charge is 0.481 e. The SMILES string of the molecule is CC(C)C1=C2C3CCC4C5(C)CCC(OC(=O)CC(C)(C)C(=O)O)C(C)(C)C5CCC4(C)C3(C)CCC2(C(S)CNCc2cccc(Cl)c2)CC1=O. The molecule has 1 aromatic rings. The average Bonchev–Trinajstić information content (AvgIpc) is 3.36. The highest BCUT2D eigenvalue weighted by Gasteiger charge is 2.70. The second-order valence-electron chi connectivity index (χ2n) is 19.8. The van der Waals surface area contributed by atoms with Crippen molar-refractivity contribution in [2.75, 3.05) is 6.54 Å². The lowest BCUT2D eigenvalue weighted by Crippen LogP contribution is -2.66. The Morgan fingerprint density at radius 2 is 1.71 bits per heavy atom. The number of fused-ring (bicyclic) bond motifs is 7. The van der Waals surface area contributed by atoms with Crippen LogP contribution in [0.3, 0.4) is 0 Å². The molecule has 6 rings (SSSR count). The van der Waals surface area contributed by atoms with Crippen molar-refractivity contribution in [2.45, 2.75) is 144 Å². The molecule has 0 bridgehead atoms. The number of allylic oxidation sites excluding steroid dienone is 2. The minimum atomic E-state index is -1.15. The molecule has 8 heteroatoms. The van der Waals surface area contributed by atoms with Gasteiger partial charge < -0.3 is 15.2 Å². The average molecular weight is 755 g/mol. The van der Waals surface area contributed by atoms with Crippen molar-refractivity contribution in [3.05, 3.63) is 46.0 Å². The van der Waals surface area contributed by atoms with E-state index in [0.29, 0.717) is 30.0 Å². The molecule has 9 unspecified atom stereocenters. The van der Waals surface area contributed by atoms with E-state index in [1.807, 2.05) is 18.2 Å². The van der Waals surface area contributed by atoms with Crippen LogP contribution in [-0.4, -0.2) is 40.7 Å². The number of esters is 1. The molecule has 0 radical (unpaired) electrons. The molecule has 9 atom stereocenters.